The van der Waals surface area contributed by atoms with Gasteiger partial charge in [-0.1, -0.05) is 24.6 Å². The Kier molecular flexibility index (Phi) is 7.10. The number of ether oxygens (including phenoxy) is 2. The largest absolute Gasteiger partial charge is 0.493 e. The highest BCUT2D eigenvalue weighted by atomic mass is 35.5. The normalized spacial score (nSPS) is 17.3. The number of rotatable bonds is 6. The summed E-state index contributed by atoms with van der Waals surface area (Å²) < 4.78 is 11.3. The summed E-state index contributed by atoms with van der Waals surface area (Å²) in [7, 11) is 1.57. The summed E-state index contributed by atoms with van der Waals surface area (Å²) in [6, 6.07) is 9.52. The van der Waals surface area contributed by atoms with E-state index >= 15 is 0 Å². The van der Waals surface area contributed by atoms with Crippen LogP contribution in [0.4, 0.5) is 5.69 Å². The zero-order valence-corrected chi connectivity index (χ0v) is 19.3. The van der Waals surface area contributed by atoms with Crippen molar-refractivity contribution >= 4 is 46.2 Å². The van der Waals surface area contributed by atoms with Crippen LogP contribution in [0.25, 0.3) is 6.08 Å². The lowest BCUT2D eigenvalue weighted by atomic mass is 10.1. The molecule has 0 bridgehead atoms. The van der Waals surface area contributed by atoms with Gasteiger partial charge in [-0.05, 0) is 86.0 Å². The van der Waals surface area contributed by atoms with E-state index in [-0.39, 0.29) is 12.0 Å². The van der Waals surface area contributed by atoms with Gasteiger partial charge in [0.05, 0.1) is 28.8 Å². The Hall–Kier alpha value is -2.44. The number of benzene rings is 2. The number of amidine groups is 1. The van der Waals surface area contributed by atoms with E-state index in [1.165, 1.54) is 17.3 Å². The highest BCUT2D eigenvalue weighted by molar-refractivity contribution is 8.18. The smallest absolute Gasteiger partial charge is 0.264 e. The topological polar surface area (TPSA) is 59.9 Å². The SMILES string of the molecule is CC[C@H](C)Oc1c(Cl)cc(/C=C2\SC(=Nc3ccc(C)c(C)c3)NC2=O)cc1OC. The summed E-state index contributed by atoms with van der Waals surface area (Å²) in [5.74, 6) is 0.843. The van der Waals surface area contributed by atoms with Crippen molar-refractivity contribution in [1.29, 1.82) is 0 Å². The van der Waals surface area contributed by atoms with Crippen LogP contribution in [0.15, 0.2) is 40.2 Å². The maximum absolute atomic E-state index is 12.4. The molecule has 1 heterocycles. The number of hydrogen-bond acceptors (Lipinski definition) is 5. The van der Waals surface area contributed by atoms with Gasteiger partial charge in [-0.15, -0.1) is 0 Å². The van der Waals surface area contributed by atoms with Crippen LogP contribution in [0.2, 0.25) is 5.02 Å². The number of carbonyl (C=O) groups excluding carboxylic acids is 1. The van der Waals surface area contributed by atoms with E-state index in [4.69, 9.17) is 21.1 Å². The zero-order valence-electron chi connectivity index (χ0n) is 17.7. The van der Waals surface area contributed by atoms with Crippen molar-refractivity contribution < 1.29 is 14.3 Å². The molecule has 0 unspecified atom stereocenters. The third kappa shape index (κ3) is 5.18. The fourth-order valence-corrected chi connectivity index (χ4v) is 3.87. The molecule has 1 amide bonds. The van der Waals surface area contributed by atoms with E-state index in [1.807, 2.05) is 45.0 Å². The fourth-order valence-electron chi connectivity index (χ4n) is 2.77. The van der Waals surface area contributed by atoms with Gasteiger partial charge in [0, 0.05) is 0 Å². The third-order valence-corrected chi connectivity index (χ3v) is 6.01. The van der Waals surface area contributed by atoms with Gasteiger partial charge < -0.3 is 14.8 Å². The zero-order chi connectivity index (χ0) is 21.8. The molecule has 2 aromatic rings. The van der Waals surface area contributed by atoms with Crippen LogP contribution in [0.5, 0.6) is 11.5 Å². The molecule has 1 aliphatic heterocycles. The quantitative estimate of drug-likeness (QED) is 0.552. The lowest BCUT2D eigenvalue weighted by molar-refractivity contribution is -0.115. The van der Waals surface area contributed by atoms with Crippen LogP contribution >= 0.6 is 23.4 Å². The van der Waals surface area contributed by atoms with Gasteiger partial charge >= 0.3 is 0 Å². The first-order chi connectivity index (χ1) is 14.3. The second-order valence-corrected chi connectivity index (χ2v) is 8.56. The third-order valence-electron chi connectivity index (χ3n) is 4.82. The molecule has 158 valence electrons. The molecule has 0 radical (unpaired) electrons. The molecule has 1 fully saturated rings. The van der Waals surface area contributed by atoms with E-state index in [2.05, 4.69) is 17.2 Å². The van der Waals surface area contributed by atoms with Crippen molar-refractivity contribution in [2.75, 3.05) is 7.11 Å². The molecule has 7 heteroatoms. The predicted molar refractivity (Wildman–Crippen MR) is 125 cm³/mol. The second-order valence-electron chi connectivity index (χ2n) is 7.12. The molecule has 0 aliphatic carbocycles. The number of methoxy groups -OCH3 is 1. The van der Waals surface area contributed by atoms with Crippen molar-refractivity contribution in [2.45, 2.75) is 40.2 Å². The Morgan fingerprint density at radius 2 is 2.00 bits per heavy atom. The predicted octanol–water partition coefficient (Wildman–Crippen LogP) is 6.03. The molecule has 1 saturated heterocycles. The minimum absolute atomic E-state index is 0.0148. The van der Waals surface area contributed by atoms with Gasteiger partial charge in [-0.2, -0.15) is 0 Å². The van der Waals surface area contributed by atoms with E-state index < -0.39 is 0 Å². The molecule has 5 nitrogen and oxygen atoms in total. The Bertz CT molecular complexity index is 1030. The van der Waals surface area contributed by atoms with E-state index in [1.54, 1.807) is 19.3 Å². The number of aryl methyl sites for hydroxylation is 2. The van der Waals surface area contributed by atoms with E-state index in [9.17, 15) is 4.79 Å². The number of amides is 1. The van der Waals surface area contributed by atoms with Crippen molar-refractivity contribution in [3.63, 3.8) is 0 Å². The van der Waals surface area contributed by atoms with Crippen molar-refractivity contribution in [2.24, 2.45) is 4.99 Å². The molecule has 1 aliphatic rings. The first kappa shape index (κ1) is 22.2. The summed E-state index contributed by atoms with van der Waals surface area (Å²) in [6.07, 6.45) is 2.63. The van der Waals surface area contributed by atoms with Crippen LogP contribution in [-0.4, -0.2) is 24.3 Å². The molecular weight excluding hydrogens is 420 g/mol. The van der Waals surface area contributed by atoms with Crippen molar-refractivity contribution in [1.82, 2.24) is 5.32 Å². The summed E-state index contributed by atoms with van der Waals surface area (Å²) in [4.78, 5) is 17.5. The highest BCUT2D eigenvalue weighted by Crippen LogP contribution is 2.39. The number of hydrogen-bond donors (Lipinski definition) is 1. The Morgan fingerprint density at radius 3 is 2.67 bits per heavy atom. The summed E-state index contributed by atoms with van der Waals surface area (Å²) in [5.41, 5.74) is 3.91. The average molecular weight is 445 g/mol. The number of aliphatic imine (C=N–C) groups is 1. The average Bonchev–Trinajstić information content (AvgIpc) is 3.05. The van der Waals surface area contributed by atoms with E-state index in [0.717, 1.165) is 23.2 Å². The van der Waals surface area contributed by atoms with Crippen molar-refractivity contribution in [3.05, 3.63) is 56.9 Å². The van der Waals surface area contributed by atoms with Gasteiger partial charge in [0.2, 0.25) is 0 Å². The second kappa shape index (κ2) is 9.58. The molecule has 1 atom stereocenters. The van der Waals surface area contributed by atoms with Gasteiger partial charge in [-0.25, -0.2) is 4.99 Å². The number of carbonyl (C=O) groups is 1. The molecule has 0 saturated carbocycles. The van der Waals surface area contributed by atoms with Gasteiger partial charge in [0.1, 0.15) is 0 Å². The fraction of sp³-hybridized carbons (Fsp3) is 0.304. The minimum Gasteiger partial charge on any atom is -0.493 e. The molecular formula is C23H25ClN2O3S. The maximum Gasteiger partial charge on any atom is 0.264 e. The maximum atomic E-state index is 12.4. The molecule has 0 aromatic heterocycles. The lowest BCUT2D eigenvalue weighted by Gasteiger charge is -2.17. The van der Waals surface area contributed by atoms with Crippen LogP contribution < -0.4 is 14.8 Å². The van der Waals surface area contributed by atoms with Crippen LogP contribution in [0, 0.1) is 13.8 Å². The number of halogens is 1. The van der Waals surface area contributed by atoms with Gasteiger partial charge in [0.25, 0.3) is 5.91 Å². The number of nitrogens with zero attached hydrogens (tertiary/aromatic N) is 1. The molecule has 3 rings (SSSR count). The first-order valence-corrected chi connectivity index (χ1v) is 10.9. The lowest BCUT2D eigenvalue weighted by Crippen LogP contribution is -2.19. The standard InChI is InChI=1S/C23H25ClN2O3S/c1-6-15(4)29-21-18(24)10-16(11-19(21)28-5)12-20-22(27)26-23(30-20)25-17-8-7-13(2)14(3)9-17/h7-12,15H,6H2,1-5H3,(H,25,26,27)/b20-12-/t15-/m0/s1. The number of thioether (sulfide) groups is 1. The summed E-state index contributed by atoms with van der Waals surface area (Å²) in [6.45, 7) is 8.10. The number of nitrogens with one attached hydrogen (secondary N) is 1. The van der Waals surface area contributed by atoms with Gasteiger partial charge in [0.15, 0.2) is 16.7 Å². The van der Waals surface area contributed by atoms with Crippen LogP contribution in [-0.2, 0) is 4.79 Å². The molecule has 2 aromatic carbocycles. The van der Waals surface area contributed by atoms with Crippen LogP contribution in [0.3, 0.4) is 0 Å². The first-order valence-electron chi connectivity index (χ1n) is 9.71. The minimum atomic E-state index is -0.197. The summed E-state index contributed by atoms with van der Waals surface area (Å²) in [5, 5.41) is 3.80. The van der Waals surface area contributed by atoms with E-state index in [0.29, 0.717) is 26.6 Å². The highest BCUT2D eigenvalue weighted by Gasteiger charge is 2.24. The Labute approximate surface area is 186 Å². The monoisotopic (exact) mass is 444 g/mol. The summed E-state index contributed by atoms with van der Waals surface area (Å²) >= 11 is 7.73. The van der Waals surface area contributed by atoms with Crippen LogP contribution in [0.1, 0.15) is 37.0 Å². The Balaban J connectivity index is 1.86. The van der Waals surface area contributed by atoms with Gasteiger partial charge in [-0.3, -0.25) is 4.79 Å². The molecule has 30 heavy (non-hydrogen) atoms. The molecule has 1 N–H and O–H groups in total. The Morgan fingerprint density at radius 1 is 1.23 bits per heavy atom. The molecule has 0 spiro atoms. The van der Waals surface area contributed by atoms with Crippen molar-refractivity contribution in [3.8, 4) is 11.5 Å².